The van der Waals surface area contributed by atoms with Crippen molar-refractivity contribution in [3.05, 3.63) is 60.2 Å². The number of para-hydroxylation sites is 1. The lowest BCUT2D eigenvalue weighted by atomic mass is 10.2. The quantitative estimate of drug-likeness (QED) is 0.851. The molecule has 0 radical (unpaired) electrons. The van der Waals surface area contributed by atoms with Gasteiger partial charge < -0.3 is 10.2 Å². The molecule has 126 valence electrons. The Labute approximate surface area is 148 Å². The van der Waals surface area contributed by atoms with Crippen LogP contribution in [-0.4, -0.2) is 31.1 Å². The molecule has 0 saturated carbocycles. The van der Waals surface area contributed by atoms with E-state index in [1.807, 2.05) is 66.4 Å². The number of thiocarbonyl (C=S) groups is 1. The summed E-state index contributed by atoms with van der Waals surface area (Å²) in [6.07, 6.45) is 0.590. The maximum Gasteiger partial charge on any atom is 0.178 e. The molecule has 1 atom stereocenters. The van der Waals surface area contributed by atoms with Crippen molar-refractivity contribution in [2.24, 2.45) is 0 Å². The number of benzene rings is 2. The fourth-order valence-electron chi connectivity index (χ4n) is 2.88. The minimum absolute atomic E-state index is 0.136. The average Bonchev–Trinajstić information content (AvgIpc) is 2.90. The zero-order valence-corrected chi connectivity index (χ0v) is 15.1. The van der Waals surface area contributed by atoms with Crippen molar-refractivity contribution in [3.63, 3.8) is 0 Å². The van der Waals surface area contributed by atoms with Crippen LogP contribution in [-0.2, 0) is 9.84 Å². The van der Waals surface area contributed by atoms with E-state index in [0.717, 1.165) is 11.4 Å². The molecule has 4 nitrogen and oxygen atoms in total. The standard InChI is InChI=1S/C18H20N2O2S2/c1-14-7-9-15(10-8-14)19-18(23)20(16-5-3-2-4-6-16)17-11-12-24(21,22)13-17/h2-10,17H,11-13H2,1H3,(H,19,23)/t17-/m0/s1. The molecule has 0 aromatic heterocycles. The third kappa shape index (κ3) is 3.94. The summed E-state index contributed by atoms with van der Waals surface area (Å²) in [6, 6.07) is 17.5. The maximum absolute atomic E-state index is 11.9. The summed E-state index contributed by atoms with van der Waals surface area (Å²) in [5, 5.41) is 3.76. The van der Waals surface area contributed by atoms with Crippen LogP contribution in [0, 0.1) is 6.92 Å². The molecule has 1 heterocycles. The van der Waals surface area contributed by atoms with E-state index in [4.69, 9.17) is 12.2 Å². The molecule has 0 aliphatic carbocycles. The van der Waals surface area contributed by atoms with Crippen LogP contribution in [0.1, 0.15) is 12.0 Å². The molecule has 0 bridgehead atoms. The lowest BCUT2D eigenvalue weighted by Gasteiger charge is -2.31. The van der Waals surface area contributed by atoms with E-state index in [9.17, 15) is 8.42 Å². The van der Waals surface area contributed by atoms with Gasteiger partial charge in [0.1, 0.15) is 0 Å². The molecule has 1 aliphatic rings. The van der Waals surface area contributed by atoms with Gasteiger partial charge >= 0.3 is 0 Å². The highest BCUT2D eigenvalue weighted by molar-refractivity contribution is 7.91. The Kier molecular flexibility index (Phi) is 4.87. The Morgan fingerprint density at radius 2 is 1.79 bits per heavy atom. The first-order valence-electron chi connectivity index (χ1n) is 7.87. The smallest absolute Gasteiger partial charge is 0.178 e. The van der Waals surface area contributed by atoms with Gasteiger partial charge in [-0.3, -0.25) is 0 Å². The first kappa shape index (κ1) is 16.9. The van der Waals surface area contributed by atoms with E-state index in [-0.39, 0.29) is 17.5 Å². The van der Waals surface area contributed by atoms with E-state index < -0.39 is 9.84 Å². The lowest BCUT2D eigenvalue weighted by molar-refractivity contribution is 0.601. The highest BCUT2D eigenvalue weighted by Gasteiger charge is 2.34. The Balaban J connectivity index is 1.87. The predicted molar refractivity (Wildman–Crippen MR) is 103 cm³/mol. The second-order valence-corrected chi connectivity index (χ2v) is 8.67. The molecular weight excluding hydrogens is 340 g/mol. The van der Waals surface area contributed by atoms with Crippen molar-refractivity contribution in [3.8, 4) is 0 Å². The summed E-state index contributed by atoms with van der Waals surface area (Å²) in [5.41, 5.74) is 2.98. The second-order valence-electron chi connectivity index (χ2n) is 6.06. The van der Waals surface area contributed by atoms with Gasteiger partial charge in [-0.05, 0) is 49.8 Å². The van der Waals surface area contributed by atoms with Crippen LogP contribution >= 0.6 is 12.2 Å². The van der Waals surface area contributed by atoms with E-state index >= 15 is 0 Å². The van der Waals surface area contributed by atoms with Crippen molar-refractivity contribution < 1.29 is 8.42 Å². The molecule has 0 unspecified atom stereocenters. The fourth-order valence-corrected chi connectivity index (χ4v) is 4.95. The van der Waals surface area contributed by atoms with E-state index in [1.54, 1.807) is 0 Å². The summed E-state index contributed by atoms with van der Waals surface area (Å²) in [5.74, 6) is 0.353. The number of nitrogens with zero attached hydrogens (tertiary/aromatic N) is 1. The molecule has 0 spiro atoms. The van der Waals surface area contributed by atoms with Crippen LogP contribution in [0.5, 0.6) is 0 Å². The van der Waals surface area contributed by atoms with Gasteiger partial charge in [-0.15, -0.1) is 0 Å². The number of nitrogens with one attached hydrogen (secondary N) is 1. The lowest BCUT2D eigenvalue weighted by Crippen LogP contribution is -2.43. The molecule has 1 aliphatic heterocycles. The molecule has 1 saturated heterocycles. The minimum atomic E-state index is -2.99. The van der Waals surface area contributed by atoms with Crippen LogP contribution in [0.2, 0.25) is 0 Å². The highest BCUT2D eigenvalue weighted by atomic mass is 32.2. The molecule has 3 rings (SSSR count). The van der Waals surface area contributed by atoms with Crippen LogP contribution in [0.3, 0.4) is 0 Å². The van der Waals surface area contributed by atoms with E-state index in [2.05, 4.69) is 5.32 Å². The molecular formula is C18H20N2O2S2. The first-order chi connectivity index (χ1) is 11.4. The Bertz CT molecular complexity index is 818. The van der Waals surface area contributed by atoms with Crippen molar-refractivity contribution in [1.29, 1.82) is 0 Å². The number of anilines is 2. The predicted octanol–water partition coefficient (Wildman–Crippen LogP) is 3.39. The van der Waals surface area contributed by atoms with E-state index in [1.165, 1.54) is 5.56 Å². The molecule has 1 N–H and O–H groups in total. The number of rotatable bonds is 3. The van der Waals surface area contributed by atoms with Gasteiger partial charge in [-0.1, -0.05) is 35.9 Å². The maximum atomic E-state index is 11.9. The molecule has 1 fully saturated rings. The third-order valence-electron chi connectivity index (χ3n) is 4.13. The number of hydrogen-bond donors (Lipinski definition) is 1. The number of sulfone groups is 1. The first-order valence-corrected chi connectivity index (χ1v) is 10.1. The van der Waals surface area contributed by atoms with Crippen molar-refractivity contribution in [1.82, 2.24) is 0 Å². The van der Waals surface area contributed by atoms with Gasteiger partial charge in [0.2, 0.25) is 0 Å². The normalized spacial score (nSPS) is 19.0. The zero-order valence-electron chi connectivity index (χ0n) is 13.5. The van der Waals surface area contributed by atoms with Crippen molar-refractivity contribution in [2.45, 2.75) is 19.4 Å². The second kappa shape index (κ2) is 6.91. The van der Waals surface area contributed by atoms with E-state index in [0.29, 0.717) is 11.5 Å². The molecule has 6 heteroatoms. The van der Waals surface area contributed by atoms with Gasteiger partial charge in [0.05, 0.1) is 17.5 Å². The van der Waals surface area contributed by atoms with Gasteiger partial charge in [-0.25, -0.2) is 8.42 Å². The summed E-state index contributed by atoms with van der Waals surface area (Å²) in [4.78, 5) is 1.93. The van der Waals surface area contributed by atoms with Gasteiger partial charge in [0.25, 0.3) is 0 Å². The highest BCUT2D eigenvalue weighted by Crippen LogP contribution is 2.25. The van der Waals surface area contributed by atoms with Crippen LogP contribution in [0.25, 0.3) is 0 Å². The van der Waals surface area contributed by atoms with Gasteiger partial charge in [0.15, 0.2) is 14.9 Å². The van der Waals surface area contributed by atoms with Crippen molar-refractivity contribution in [2.75, 3.05) is 21.7 Å². The summed E-state index contributed by atoms with van der Waals surface area (Å²) in [7, 11) is -2.99. The van der Waals surface area contributed by atoms with Crippen molar-refractivity contribution >= 4 is 38.5 Å². The monoisotopic (exact) mass is 360 g/mol. The summed E-state index contributed by atoms with van der Waals surface area (Å²) >= 11 is 5.60. The molecule has 2 aromatic carbocycles. The number of aryl methyl sites for hydroxylation is 1. The van der Waals surface area contributed by atoms with Gasteiger partial charge in [0, 0.05) is 11.4 Å². The largest absolute Gasteiger partial charge is 0.332 e. The number of hydrogen-bond acceptors (Lipinski definition) is 3. The van der Waals surface area contributed by atoms with Crippen LogP contribution < -0.4 is 10.2 Å². The van der Waals surface area contributed by atoms with Crippen LogP contribution in [0.15, 0.2) is 54.6 Å². The average molecular weight is 361 g/mol. The molecule has 2 aromatic rings. The SMILES string of the molecule is Cc1ccc(NC(=S)N(c2ccccc2)[C@H]2CCS(=O)(=O)C2)cc1. The summed E-state index contributed by atoms with van der Waals surface area (Å²) in [6.45, 7) is 2.03. The summed E-state index contributed by atoms with van der Waals surface area (Å²) < 4.78 is 23.8. The Hall–Kier alpha value is -1.92. The zero-order chi connectivity index (χ0) is 17.2. The molecule has 24 heavy (non-hydrogen) atoms. The molecule has 0 amide bonds. The fraction of sp³-hybridized carbons (Fsp3) is 0.278. The third-order valence-corrected chi connectivity index (χ3v) is 6.18. The Morgan fingerprint density at radius 3 is 2.38 bits per heavy atom. The van der Waals surface area contributed by atoms with Gasteiger partial charge in [-0.2, -0.15) is 0 Å². The Morgan fingerprint density at radius 1 is 1.12 bits per heavy atom. The van der Waals surface area contributed by atoms with Crippen LogP contribution in [0.4, 0.5) is 11.4 Å². The topological polar surface area (TPSA) is 49.4 Å². The minimum Gasteiger partial charge on any atom is -0.332 e.